The van der Waals surface area contributed by atoms with Crippen molar-refractivity contribution in [3.8, 4) is 5.75 Å². The first-order chi connectivity index (χ1) is 9.56. The summed E-state index contributed by atoms with van der Waals surface area (Å²) in [4.78, 5) is 0. The number of allylic oxidation sites excluding steroid dienone is 2. The maximum absolute atomic E-state index is 10.2. The normalized spacial score (nSPS) is 27.1. The van der Waals surface area contributed by atoms with E-state index in [0.29, 0.717) is 0 Å². The van der Waals surface area contributed by atoms with Crippen molar-refractivity contribution < 1.29 is 14.6 Å². The SMILES string of the molecule is CC(C)=CCc1ccc(O)c2c1C=CC1OC2OC1C. The maximum Gasteiger partial charge on any atom is 0.189 e. The van der Waals surface area contributed by atoms with Gasteiger partial charge >= 0.3 is 0 Å². The van der Waals surface area contributed by atoms with Crippen LogP contribution in [0, 0.1) is 0 Å². The maximum atomic E-state index is 10.2. The summed E-state index contributed by atoms with van der Waals surface area (Å²) in [6.07, 6.45) is 6.64. The number of hydrogen-bond acceptors (Lipinski definition) is 3. The lowest BCUT2D eigenvalue weighted by atomic mass is 9.95. The zero-order valence-electron chi connectivity index (χ0n) is 12.1. The summed E-state index contributed by atoms with van der Waals surface area (Å²) in [5, 5.41) is 10.2. The number of phenolic OH excluding ortho intramolecular Hbond substituents is 1. The average molecular weight is 272 g/mol. The summed E-state index contributed by atoms with van der Waals surface area (Å²) < 4.78 is 11.6. The van der Waals surface area contributed by atoms with Crippen molar-refractivity contribution in [3.05, 3.63) is 46.5 Å². The lowest BCUT2D eigenvalue weighted by molar-refractivity contribution is -0.0635. The second kappa shape index (κ2) is 5.08. The van der Waals surface area contributed by atoms with Crippen LogP contribution in [0.4, 0.5) is 0 Å². The smallest absolute Gasteiger partial charge is 0.189 e. The molecule has 2 aliphatic rings. The second-order valence-corrected chi connectivity index (χ2v) is 5.69. The van der Waals surface area contributed by atoms with E-state index in [1.165, 1.54) is 11.1 Å². The molecular weight excluding hydrogens is 252 g/mol. The van der Waals surface area contributed by atoms with Gasteiger partial charge < -0.3 is 14.6 Å². The molecule has 106 valence electrons. The first-order valence-electron chi connectivity index (χ1n) is 7.03. The number of hydrogen-bond donors (Lipinski definition) is 1. The molecule has 1 N–H and O–H groups in total. The molecule has 1 saturated heterocycles. The minimum Gasteiger partial charge on any atom is -0.507 e. The van der Waals surface area contributed by atoms with Crippen molar-refractivity contribution in [1.82, 2.24) is 0 Å². The summed E-state index contributed by atoms with van der Waals surface area (Å²) in [5.41, 5.74) is 4.25. The zero-order chi connectivity index (χ0) is 14.3. The Morgan fingerprint density at radius 3 is 2.85 bits per heavy atom. The van der Waals surface area contributed by atoms with Crippen molar-refractivity contribution in [2.45, 2.75) is 45.7 Å². The second-order valence-electron chi connectivity index (χ2n) is 5.69. The third kappa shape index (κ3) is 2.28. The molecule has 2 bridgehead atoms. The van der Waals surface area contributed by atoms with Crippen molar-refractivity contribution in [2.24, 2.45) is 0 Å². The van der Waals surface area contributed by atoms with Crippen LogP contribution in [0.1, 0.15) is 43.8 Å². The average Bonchev–Trinajstić information content (AvgIpc) is 2.63. The molecule has 3 heteroatoms. The highest BCUT2D eigenvalue weighted by Gasteiger charge is 2.37. The van der Waals surface area contributed by atoms with Crippen LogP contribution in [0.2, 0.25) is 0 Å². The molecule has 1 aromatic rings. The Labute approximate surface area is 119 Å². The number of benzene rings is 1. The molecule has 0 aliphatic carbocycles. The van der Waals surface area contributed by atoms with Gasteiger partial charge in [0, 0.05) is 0 Å². The van der Waals surface area contributed by atoms with Gasteiger partial charge in [-0.2, -0.15) is 0 Å². The molecule has 2 aliphatic heterocycles. The fraction of sp³-hybridized carbons (Fsp3) is 0.412. The van der Waals surface area contributed by atoms with Crippen molar-refractivity contribution in [1.29, 1.82) is 0 Å². The summed E-state index contributed by atoms with van der Waals surface area (Å²) in [5.74, 6) is 0.241. The molecule has 3 unspecified atom stereocenters. The molecule has 0 amide bonds. The number of phenols is 1. The quantitative estimate of drug-likeness (QED) is 0.834. The Morgan fingerprint density at radius 2 is 2.10 bits per heavy atom. The molecule has 1 aromatic carbocycles. The summed E-state index contributed by atoms with van der Waals surface area (Å²) >= 11 is 0. The van der Waals surface area contributed by atoms with E-state index in [4.69, 9.17) is 9.47 Å². The lowest BCUT2D eigenvalue weighted by Crippen LogP contribution is -2.15. The third-order valence-corrected chi connectivity index (χ3v) is 3.85. The molecule has 2 heterocycles. The Morgan fingerprint density at radius 1 is 1.30 bits per heavy atom. The predicted molar refractivity (Wildman–Crippen MR) is 78.4 cm³/mol. The van der Waals surface area contributed by atoms with Crippen LogP contribution in [0.25, 0.3) is 6.08 Å². The van der Waals surface area contributed by atoms with Gasteiger partial charge in [0.15, 0.2) is 6.29 Å². The van der Waals surface area contributed by atoms with Crippen molar-refractivity contribution in [3.63, 3.8) is 0 Å². The molecule has 3 nitrogen and oxygen atoms in total. The van der Waals surface area contributed by atoms with E-state index < -0.39 is 6.29 Å². The molecule has 20 heavy (non-hydrogen) atoms. The largest absolute Gasteiger partial charge is 0.507 e. The van der Waals surface area contributed by atoms with E-state index in [9.17, 15) is 5.11 Å². The van der Waals surface area contributed by atoms with Gasteiger partial charge in [-0.05, 0) is 44.4 Å². The minimum absolute atomic E-state index is 0.0187. The van der Waals surface area contributed by atoms with Gasteiger partial charge in [-0.25, -0.2) is 0 Å². The monoisotopic (exact) mass is 272 g/mol. The molecule has 1 fully saturated rings. The van der Waals surface area contributed by atoms with Crippen LogP contribution in [-0.4, -0.2) is 17.3 Å². The van der Waals surface area contributed by atoms with E-state index >= 15 is 0 Å². The first kappa shape index (κ1) is 13.4. The Balaban J connectivity index is 2.07. The Kier molecular flexibility index (Phi) is 3.40. The van der Waals surface area contributed by atoms with Crippen LogP contribution in [0.15, 0.2) is 29.9 Å². The molecule has 0 spiro atoms. The fourth-order valence-electron chi connectivity index (χ4n) is 2.69. The number of fused-ring (bicyclic) bond motifs is 4. The molecule has 3 atom stereocenters. The summed E-state index contributed by atoms with van der Waals surface area (Å²) in [7, 11) is 0. The van der Waals surface area contributed by atoms with Gasteiger partial charge in [0.25, 0.3) is 0 Å². The number of ether oxygens (including phenoxy) is 2. The molecule has 0 aromatic heterocycles. The third-order valence-electron chi connectivity index (χ3n) is 3.85. The Bertz CT molecular complexity index is 582. The molecule has 3 rings (SSSR count). The van der Waals surface area contributed by atoms with Crippen LogP contribution in [0.3, 0.4) is 0 Å². The van der Waals surface area contributed by atoms with Gasteiger partial charge in [0.1, 0.15) is 11.9 Å². The molecule has 0 saturated carbocycles. The minimum atomic E-state index is -0.466. The molecule has 0 radical (unpaired) electrons. The zero-order valence-corrected chi connectivity index (χ0v) is 12.1. The van der Waals surface area contributed by atoms with Gasteiger partial charge in [-0.3, -0.25) is 0 Å². The van der Waals surface area contributed by atoms with Crippen LogP contribution in [-0.2, 0) is 15.9 Å². The van der Waals surface area contributed by atoms with Crippen molar-refractivity contribution >= 4 is 6.08 Å². The number of rotatable bonds is 2. The van der Waals surface area contributed by atoms with Gasteiger partial charge in [-0.1, -0.05) is 29.9 Å². The van der Waals surface area contributed by atoms with Crippen LogP contribution >= 0.6 is 0 Å². The fourth-order valence-corrected chi connectivity index (χ4v) is 2.69. The van der Waals surface area contributed by atoms with Gasteiger partial charge in [0.05, 0.1) is 11.7 Å². The predicted octanol–water partition coefficient (Wildman–Crippen LogP) is 3.73. The summed E-state index contributed by atoms with van der Waals surface area (Å²) in [6, 6.07) is 3.71. The summed E-state index contributed by atoms with van der Waals surface area (Å²) in [6.45, 7) is 6.17. The van der Waals surface area contributed by atoms with E-state index in [1.807, 2.05) is 19.1 Å². The highest BCUT2D eigenvalue weighted by molar-refractivity contribution is 5.64. The van der Waals surface area contributed by atoms with E-state index in [-0.39, 0.29) is 18.0 Å². The lowest BCUT2D eigenvalue weighted by Gasteiger charge is -2.17. The van der Waals surface area contributed by atoms with Gasteiger partial charge in [0.2, 0.25) is 0 Å². The molecular formula is C17H20O3. The Hall–Kier alpha value is -1.58. The topological polar surface area (TPSA) is 38.7 Å². The highest BCUT2D eigenvalue weighted by Crippen LogP contribution is 2.42. The van der Waals surface area contributed by atoms with Crippen molar-refractivity contribution in [2.75, 3.05) is 0 Å². The van der Waals surface area contributed by atoms with Crippen LogP contribution < -0.4 is 0 Å². The highest BCUT2D eigenvalue weighted by atomic mass is 16.7. The van der Waals surface area contributed by atoms with E-state index in [1.54, 1.807) is 6.07 Å². The van der Waals surface area contributed by atoms with E-state index in [0.717, 1.165) is 17.5 Å². The standard InChI is InChI=1S/C17H20O3/c1-10(2)4-5-12-6-8-14(18)16-13(12)7-9-15-11(3)19-17(16)20-15/h4,6-9,11,15,17-18H,5H2,1-3H3. The van der Waals surface area contributed by atoms with E-state index in [2.05, 4.69) is 26.0 Å². The first-order valence-corrected chi connectivity index (χ1v) is 7.03. The van der Waals surface area contributed by atoms with Gasteiger partial charge in [-0.15, -0.1) is 0 Å². The van der Waals surface area contributed by atoms with Crippen LogP contribution in [0.5, 0.6) is 5.75 Å². The number of aromatic hydroxyl groups is 1.